The molecule has 300 valence electrons. The van der Waals surface area contributed by atoms with Gasteiger partial charge in [0.15, 0.2) is 12.4 Å². The number of fused-ring (bicyclic) bond motifs is 3. The molecule has 0 spiro atoms. The molecule has 3 amide bonds. The highest BCUT2D eigenvalue weighted by atomic mass is 16.6. The van der Waals surface area contributed by atoms with Crippen molar-refractivity contribution < 1.29 is 38.2 Å². The van der Waals surface area contributed by atoms with Crippen molar-refractivity contribution in [3.05, 3.63) is 65.1 Å². The highest BCUT2D eigenvalue weighted by Crippen LogP contribution is 2.38. The lowest BCUT2D eigenvalue weighted by molar-refractivity contribution is -0.143. The highest BCUT2D eigenvalue weighted by Gasteiger charge is 2.38. The maximum atomic E-state index is 13.6. The van der Waals surface area contributed by atoms with E-state index in [-0.39, 0.29) is 54.7 Å². The van der Waals surface area contributed by atoms with E-state index in [4.69, 9.17) is 19.2 Å². The number of methoxy groups -OCH3 is 1. The van der Waals surface area contributed by atoms with Gasteiger partial charge in [-0.1, -0.05) is 38.1 Å². The fourth-order valence-corrected chi connectivity index (χ4v) is 8.18. The van der Waals surface area contributed by atoms with E-state index in [1.54, 1.807) is 22.9 Å². The molecule has 3 aromatic rings. The van der Waals surface area contributed by atoms with Crippen molar-refractivity contribution in [2.75, 3.05) is 27.3 Å². The van der Waals surface area contributed by atoms with Gasteiger partial charge in [-0.3, -0.25) is 14.4 Å². The number of hydrogen-bond acceptors (Lipinski definition) is 9. The number of nitrogens with one attached hydrogen (secondary N) is 2. The van der Waals surface area contributed by atoms with Gasteiger partial charge in [0.25, 0.3) is 0 Å². The Morgan fingerprint density at radius 2 is 1.71 bits per heavy atom. The zero-order valence-corrected chi connectivity index (χ0v) is 33.6. The summed E-state index contributed by atoms with van der Waals surface area (Å²) in [6.07, 6.45) is 6.47. The van der Waals surface area contributed by atoms with Gasteiger partial charge in [-0.25, -0.2) is 14.6 Å². The van der Waals surface area contributed by atoms with Gasteiger partial charge >= 0.3 is 18.2 Å². The number of benzene rings is 2. The van der Waals surface area contributed by atoms with E-state index in [0.717, 1.165) is 66.5 Å². The summed E-state index contributed by atoms with van der Waals surface area (Å²) >= 11 is 0. The third kappa shape index (κ3) is 9.25. The van der Waals surface area contributed by atoms with Gasteiger partial charge in [-0.15, -0.1) is 0 Å². The number of carbonyl (C=O) groups excluding carboxylic acids is 5. The number of imidazole rings is 1. The summed E-state index contributed by atoms with van der Waals surface area (Å²) in [7, 11) is 3.02. The molecule has 2 heterocycles. The Bertz CT molecular complexity index is 1960. The Morgan fingerprint density at radius 1 is 1.00 bits per heavy atom. The van der Waals surface area contributed by atoms with Gasteiger partial charge in [-0.05, 0) is 118 Å². The molecule has 2 aromatic carbocycles. The van der Waals surface area contributed by atoms with Crippen molar-refractivity contribution in [1.82, 2.24) is 25.1 Å². The van der Waals surface area contributed by atoms with Crippen molar-refractivity contribution in [3.63, 3.8) is 0 Å². The fourth-order valence-electron chi connectivity index (χ4n) is 8.18. The first-order chi connectivity index (χ1) is 26.6. The number of Topliss-reactive ketones (excluding diaryl/α,β-unsaturated/α-hetero) is 1. The number of aryl methyl sites for hydroxylation is 2. The van der Waals surface area contributed by atoms with Crippen LogP contribution in [0.4, 0.5) is 9.59 Å². The summed E-state index contributed by atoms with van der Waals surface area (Å²) in [6, 6.07) is 11.1. The molecule has 4 atom stereocenters. The number of H-pyrrole nitrogens is 1. The lowest BCUT2D eigenvalue weighted by atomic mass is 9.83. The molecule has 2 aliphatic carbocycles. The number of carbonyl (C=O) groups is 5. The SMILES string of the molecule is COC(=O)N[C@H](C(=O)N1CCC[C@H]1c1ncc(-c2ccc3c(c2)CCc2cc(C(=O)COC(=O)C[C@H]4CC[C@@H](N(C)C(=O)OC(C)(C)C)C4)ccc2-3)[nH]1)C(C)C. The van der Waals surface area contributed by atoms with E-state index >= 15 is 0 Å². The van der Waals surface area contributed by atoms with Crippen LogP contribution in [0, 0.1) is 11.8 Å². The van der Waals surface area contributed by atoms with Gasteiger partial charge in [0.05, 0.1) is 25.0 Å². The zero-order valence-electron chi connectivity index (χ0n) is 33.6. The van der Waals surface area contributed by atoms with Gasteiger partial charge in [0, 0.05) is 31.6 Å². The molecule has 56 heavy (non-hydrogen) atoms. The Labute approximate surface area is 328 Å². The van der Waals surface area contributed by atoms with E-state index < -0.39 is 23.7 Å². The minimum absolute atomic E-state index is 0.00399. The normalized spacial score (nSPS) is 19.5. The second kappa shape index (κ2) is 16.9. The molecule has 13 heteroatoms. The number of ether oxygens (including phenoxy) is 3. The number of rotatable bonds is 11. The number of hydrogen-bond donors (Lipinski definition) is 2. The zero-order chi connectivity index (χ0) is 40.3. The molecular weight excluding hydrogens is 714 g/mol. The number of likely N-dealkylation sites (tertiary alicyclic amines) is 1. The van der Waals surface area contributed by atoms with Crippen LogP contribution in [0.1, 0.15) is 106 Å². The minimum atomic E-state index is -0.698. The molecular formula is C43H55N5O8. The number of ketones is 1. The maximum absolute atomic E-state index is 13.6. The smallest absolute Gasteiger partial charge is 0.410 e. The summed E-state index contributed by atoms with van der Waals surface area (Å²) in [6.45, 7) is 9.57. The number of aromatic nitrogens is 2. The van der Waals surface area contributed by atoms with Crippen molar-refractivity contribution in [2.24, 2.45) is 11.8 Å². The first-order valence-corrected chi connectivity index (χ1v) is 19.7. The predicted octanol–water partition coefficient (Wildman–Crippen LogP) is 7.04. The predicted molar refractivity (Wildman–Crippen MR) is 210 cm³/mol. The number of nitrogens with zero attached hydrogens (tertiary/aromatic N) is 3. The fraction of sp³-hybridized carbons (Fsp3) is 0.535. The lowest BCUT2D eigenvalue weighted by Crippen LogP contribution is -2.51. The lowest BCUT2D eigenvalue weighted by Gasteiger charge is -2.30. The molecule has 1 aromatic heterocycles. The monoisotopic (exact) mass is 769 g/mol. The third-order valence-corrected chi connectivity index (χ3v) is 11.2. The van der Waals surface area contributed by atoms with Crippen LogP contribution < -0.4 is 5.32 Å². The molecule has 0 bridgehead atoms. The van der Waals surface area contributed by atoms with E-state index in [1.165, 1.54) is 12.7 Å². The second-order valence-corrected chi connectivity index (χ2v) is 16.7. The topological polar surface area (TPSA) is 160 Å². The largest absolute Gasteiger partial charge is 0.457 e. The first kappa shape index (κ1) is 40.5. The third-order valence-electron chi connectivity index (χ3n) is 11.2. The Balaban J connectivity index is 1.04. The average molecular weight is 770 g/mol. The quantitative estimate of drug-likeness (QED) is 0.119. The van der Waals surface area contributed by atoms with E-state index in [0.29, 0.717) is 24.4 Å². The van der Waals surface area contributed by atoms with Crippen molar-refractivity contribution in [3.8, 4) is 22.4 Å². The molecule has 0 radical (unpaired) electrons. The minimum Gasteiger partial charge on any atom is -0.457 e. The van der Waals surface area contributed by atoms with E-state index in [2.05, 4.69) is 28.5 Å². The van der Waals surface area contributed by atoms with Gasteiger partial charge in [0.1, 0.15) is 17.5 Å². The molecule has 1 aliphatic heterocycles. The molecule has 6 rings (SSSR count). The van der Waals surface area contributed by atoms with Crippen LogP contribution in [0.2, 0.25) is 0 Å². The van der Waals surface area contributed by atoms with E-state index in [9.17, 15) is 24.0 Å². The maximum Gasteiger partial charge on any atom is 0.410 e. The molecule has 0 unspecified atom stereocenters. The Kier molecular flexibility index (Phi) is 12.2. The van der Waals surface area contributed by atoms with Crippen LogP contribution >= 0.6 is 0 Å². The second-order valence-electron chi connectivity index (χ2n) is 16.7. The number of aromatic amines is 1. The van der Waals surface area contributed by atoms with Gasteiger partial charge in [0.2, 0.25) is 5.91 Å². The molecule has 13 nitrogen and oxygen atoms in total. The average Bonchev–Trinajstić information content (AvgIpc) is 3.96. The molecule has 2 fully saturated rings. The van der Waals surface area contributed by atoms with Crippen LogP contribution in [-0.2, 0) is 36.6 Å². The highest BCUT2D eigenvalue weighted by molar-refractivity contribution is 5.99. The molecule has 2 N–H and O–H groups in total. The summed E-state index contributed by atoms with van der Waals surface area (Å²) in [4.78, 5) is 75.4. The first-order valence-electron chi connectivity index (χ1n) is 19.7. The Morgan fingerprint density at radius 3 is 2.41 bits per heavy atom. The van der Waals surface area contributed by atoms with Gasteiger partial charge in [-0.2, -0.15) is 0 Å². The summed E-state index contributed by atoms with van der Waals surface area (Å²) in [5.74, 6) is -0.110. The molecule has 1 saturated carbocycles. The number of esters is 1. The van der Waals surface area contributed by atoms with Crippen LogP contribution in [0.5, 0.6) is 0 Å². The van der Waals surface area contributed by atoms with Crippen molar-refractivity contribution in [1.29, 1.82) is 0 Å². The summed E-state index contributed by atoms with van der Waals surface area (Å²) in [5.41, 5.74) is 6.24. The standard InChI is InChI=1S/C43H55N5O8/c1-25(2)38(46-41(52)54-7)40(51)48-18-8-9-35(48)39-44-23-34(45-39)29-13-16-32-27(21-29)11-12-28-22-30(14-17-33(28)32)36(49)24-55-37(50)20-26-10-15-31(19-26)47(6)42(53)56-43(3,4)5/h13-14,16-17,21-23,25-26,31,35,38H,8-12,15,18-20,24H2,1-7H3,(H,44,45)(H,46,52)/t26-,31+,35-,38-/m0/s1. The van der Waals surface area contributed by atoms with Crippen molar-refractivity contribution >= 4 is 29.8 Å². The molecule has 1 saturated heterocycles. The summed E-state index contributed by atoms with van der Waals surface area (Å²) < 4.78 is 15.7. The summed E-state index contributed by atoms with van der Waals surface area (Å²) in [5, 5.41) is 2.69. The molecule has 3 aliphatic rings. The van der Waals surface area contributed by atoms with Crippen LogP contribution in [0.3, 0.4) is 0 Å². The van der Waals surface area contributed by atoms with Crippen LogP contribution in [-0.4, -0.2) is 94.6 Å². The van der Waals surface area contributed by atoms with Crippen molar-refractivity contribution in [2.45, 2.75) is 110 Å². The van der Waals surface area contributed by atoms with Gasteiger partial charge < -0.3 is 34.3 Å². The number of alkyl carbamates (subject to hydrolysis) is 1. The number of amides is 3. The van der Waals surface area contributed by atoms with E-state index in [1.807, 2.05) is 52.9 Å². The Hall–Kier alpha value is -5.20. The van der Waals surface area contributed by atoms with Crippen LogP contribution in [0.25, 0.3) is 22.4 Å². The van der Waals surface area contributed by atoms with Crippen LogP contribution in [0.15, 0.2) is 42.6 Å².